The van der Waals surface area contributed by atoms with Crippen molar-refractivity contribution in [3.63, 3.8) is 0 Å². The summed E-state index contributed by atoms with van der Waals surface area (Å²) in [5.41, 5.74) is 0.760. The smallest absolute Gasteiger partial charge is 0.341 e. The van der Waals surface area contributed by atoms with Gasteiger partial charge in [-0.05, 0) is 24.3 Å². The third-order valence-electron chi connectivity index (χ3n) is 3.31. The van der Waals surface area contributed by atoms with Gasteiger partial charge in [-0.2, -0.15) is 4.98 Å². The lowest BCUT2D eigenvalue weighted by atomic mass is 10.2. The summed E-state index contributed by atoms with van der Waals surface area (Å²) < 4.78 is 15.5. The number of hydrogen-bond acceptors (Lipinski definition) is 6. The van der Waals surface area contributed by atoms with Crippen LogP contribution in [0.25, 0.3) is 11.4 Å². The number of methoxy groups -OCH3 is 1. The second-order valence-corrected chi connectivity index (χ2v) is 5.70. The normalized spacial score (nSPS) is 10.5. The predicted octanol–water partition coefficient (Wildman–Crippen LogP) is 4.41. The van der Waals surface area contributed by atoms with Crippen LogP contribution in [0.2, 0.25) is 10.0 Å². The summed E-state index contributed by atoms with van der Waals surface area (Å²) in [7, 11) is 1.55. The van der Waals surface area contributed by atoms with E-state index in [-0.39, 0.29) is 28.1 Å². The van der Waals surface area contributed by atoms with Gasteiger partial charge in [-0.25, -0.2) is 4.79 Å². The number of esters is 1. The average Bonchev–Trinajstić information content (AvgIpc) is 3.08. The van der Waals surface area contributed by atoms with Crippen LogP contribution in [-0.4, -0.2) is 23.2 Å². The molecule has 0 saturated heterocycles. The van der Waals surface area contributed by atoms with Gasteiger partial charge in [-0.1, -0.05) is 46.6 Å². The minimum Gasteiger partial charge on any atom is -0.496 e. The van der Waals surface area contributed by atoms with Crippen molar-refractivity contribution in [3.05, 3.63) is 64.0 Å². The van der Waals surface area contributed by atoms with E-state index in [4.69, 9.17) is 37.2 Å². The Morgan fingerprint density at radius 2 is 1.84 bits per heavy atom. The van der Waals surface area contributed by atoms with Gasteiger partial charge in [-0.3, -0.25) is 0 Å². The Balaban J connectivity index is 1.73. The molecule has 0 N–H and O–H groups in total. The molecule has 0 saturated carbocycles. The van der Waals surface area contributed by atoms with Crippen LogP contribution in [0.1, 0.15) is 16.2 Å². The number of carbonyl (C=O) groups is 1. The Morgan fingerprint density at radius 3 is 2.56 bits per heavy atom. The van der Waals surface area contributed by atoms with Crippen molar-refractivity contribution < 1.29 is 18.8 Å². The molecule has 0 bridgehead atoms. The van der Waals surface area contributed by atoms with Crippen LogP contribution in [0.15, 0.2) is 47.0 Å². The molecule has 0 fully saturated rings. The lowest BCUT2D eigenvalue weighted by Crippen LogP contribution is -2.07. The van der Waals surface area contributed by atoms with E-state index in [0.717, 1.165) is 0 Å². The molecule has 0 amide bonds. The number of benzene rings is 2. The Hall–Kier alpha value is -2.57. The molecular weight excluding hydrogens is 367 g/mol. The van der Waals surface area contributed by atoms with Crippen LogP contribution in [0.3, 0.4) is 0 Å². The van der Waals surface area contributed by atoms with Crippen LogP contribution in [0, 0.1) is 0 Å². The van der Waals surface area contributed by atoms with Gasteiger partial charge >= 0.3 is 5.97 Å². The summed E-state index contributed by atoms with van der Waals surface area (Å²) in [4.78, 5) is 16.3. The molecule has 0 aliphatic heterocycles. The fourth-order valence-electron chi connectivity index (χ4n) is 2.14. The number of hydrogen-bond donors (Lipinski definition) is 0. The highest BCUT2D eigenvalue weighted by Crippen LogP contribution is 2.28. The first kappa shape index (κ1) is 17.3. The molecule has 25 heavy (non-hydrogen) atoms. The Kier molecular flexibility index (Phi) is 5.21. The van der Waals surface area contributed by atoms with E-state index in [1.807, 2.05) is 12.1 Å². The Bertz CT molecular complexity index is 891. The van der Waals surface area contributed by atoms with Crippen molar-refractivity contribution in [2.75, 3.05) is 7.11 Å². The maximum absolute atomic E-state index is 12.1. The molecule has 8 heteroatoms. The second kappa shape index (κ2) is 7.55. The summed E-state index contributed by atoms with van der Waals surface area (Å²) in [6.45, 7) is -0.206. The van der Waals surface area contributed by atoms with Crippen molar-refractivity contribution in [2.24, 2.45) is 0 Å². The highest BCUT2D eigenvalue weighted by molar-refractivity contribution is 6.39. The fraction of sp³-hybridized carbons (Fsp3) is 0.118. The number of carbonyl (C=O) groups excluding carboxylic acids is 1. The van der Waals surface area contributed by atoms with Gasteiger partial charge < -0.3 is 14.0 Å². The van der Waals surface area contributed by atoms with E-state index >= 15 is 0 Å². The molecule has 0 spiro atoms. The van der Waals surface area contributed by atoms with Crippen LogP contribution in [-0.2, 0) is 11.3 Å². The maximum Gasteiger partial charge on any atom is 0.341 e. The minimum absolute atomic E-state index is 0.0929. The molecule has 1 aromatic heterocycles. The highest BCUT2D eigenvalue weighted by atomic mass is 35.5. The molecular formula is C17H12Cl2N2O4. The van der Waals surface area contributed by atoms with Crippen LogP contribution < -0.4 is 4.74 Å². The molecule has 2 aromatic carbocycles. The molecule has 6 nitrogen and oxygen atoms in total. The summed E-state index contributed by atoms with van der Waals surface area (Å²) in [5, 5.41) is 4.28. The summed E-state index contributed by atoms with van der Waals surface area (Å²) >= 11 is 11.9. The number of rotatable bonds is 5. The SMILES string of the molecule is COc1ccccc1-c1noc(COC(=O)c2c(Cl)cccc2Cl)n1. The Labute approximate surface area is 153 Å². The average molecular weight is 379 g/mol. The number of para-hydroxylation sites is 1. The maximum atomic E-state index is 12.1. The van der Waals surface area contributed by atoms with Gasteiger partial charge in [0.05, 0.1) is 28.3 Å². The largest absolute Gasteiger partial charge is 0.496 e. The van der Waals surface area contributed by atoms with E-state index in [1.165, 1.54) is 0 Å². The van der Waals surface area contributed by atoms with Gasteiger partial charge in [0.1, 0.15) is 5.75 Å². The monoisotopic (exact) mass is 378 g/mol. The molecule has 0 unspecified atom stereocenters. The minimum atomic E-state index is -0.673. The Morgan fingerprint density at radius 1 is 1.12 bits per heavy atom. The van der Waals surface area contributed by atoms with Crippen LogP contribution in [0.5, 0.6) is 5.75 Å². The first-order valence-electron chi connectivity index (χ1n) is 7.17. The number of aromatic nitrogens is 2. The quantitative estimate of drug-likeness (QED) is 0.612. The highest BCUT2D eigenvalue weighted by Gasteiger charge is 2.18. The third-order valence-corrected chi connectivity index (χ3v) is 3.94. The van der Waals surface area contributed by atoms with Gasteiger partial charge in [0, 0.05) is 0 Å². The first-order chi connectivity index (χ1) is 12.1. The van der Waals surface area contributed by atoms with Crippen molar-refractivity contribution in [2.45, 2.75) is 6.61 Å². The van der Waals surface area contributed by atoms with E-state index in [9.17, 15) is 4.79 Å². The first-order valence-corrected chi connectivity index (χ1v) is 7.93. The van der Waals surface area contributed by atoms with E-state index in [0.29, 0.717) is 17.1 Å². The topological polar surface area (TPSA) is 74.5 Å². The van der Waals surface area contributed by atoms with Crippen molar-refractivity contribution >= 4 is 29.2 Å². The molecule has 3 rings (SSSR count). The number of ether oxygens (including phenoxy) is 2. The fourth-order valence-corrected chi connectivity index (χ4v) is 2.70. The molecule has 0 radical (unpaired) electrons. The van der Waals surface area contributed by atoms with Gasteiger partial charge in [0.25, 0.3) is 5.89 Å². The van der Waals surface area contributed by atoms with E-state index in [2.05, 4.69) is 10.1 Å². The molecule has 0 atom stereocenters. The summed E-state index contributed by atoms with van der Waals surface area (Å²) in [6.07, 6.45) is 0. The summed E-state index contributed by atoms with van der Waals surface area (Å²) in [5.74, 6) is 0.402. The van der Waals surface area contributed by atoms with Gasteiger partial charge in [-0.15, -0.1) is 0 Å². The molecule has 1 heterocycles. The van der Waals surface area contributed by atoms with Crippen LogP contribution in [0.4, 0.5) is 0 Å². The lowest BCUT2D eigenvalue weighted by Gasteiger charge is -2.05. The van der Waals surface area contributed by atoms with Gasteiger partial charge in [0.2, 0.25) is 5.82 Å². The molecule has 0 aliphatic carbocycles. The second-order valence-electron chi connectivity index (χ2n) is 4.88. The lowest BCUT2D eigenvalue weighted by molar-refractivity contribution is 0.0430. The van der Waals surface area contributed by atoms with E-state index < -0.39 is 5.97 Å². The zero-order chi connectivity index (χ0) is 17.8. The van der Waals surface area contributed by atoms with Crippen LogP contribution >= 0.6 is 23.2 Å². The zero-order valence-corrected chi connectivity index (χ0v) is 14.5. The third kappa shape index (κ3) is 3.75. The van der Waals surface area contributed by atoms with Crippen molar-refractivity contribution in [1.29, 1.82) is 0 Å². The molecule has 0 aliphatic rings. The molecule has 3 aromatic rings. The van der Waals surface area contributed by atoms with E-state index in [1.54, 1.807) is 37.4 Å². The zero-order valence-electron chi connectivity index (χ0n) is 13.0. The van der Waals surface area contributed by atoms with Gasteiger partial charge in [0.15, 0.2) is 6.61 Å². The standard InChI is InChI=1S/C17H12Cl2N2O4/c1-23-13-8-3-2-5-10(13)16-20-14(25-21-16)9-24-17(22)15-11(18)6-4-7-12(15)19/h2-8H,9H2,1H3. The van der Waals surface area contributed by atoms with Crippen molar-refractivity contribution in [1.82, 2.24) is 10.1 Å². The number of halogens is 2. The summed E-state index contributed by atoms with van der Waals surface area (Å²) in [6, 6.07) is 12.0. The molecule has 128 valence electrons. The number of nitrogens with zero attached hydrogens (tertiary/aromatic N) is 2. The predicted molar refractivity (Wildman–Crippen MR) is 91.9 cm³/mol. The van der Waals surface area contributed by atoms with Crippen molar-refractivity contribution in [3.8, 4) is 17.1 Å².